The molecule has 0 aromatic heterocycles. The highest BCUT2D eigenvalue weighted by molar-refractivity contribution is 7.98. The van der Waals surface area contributed by atoms with E-state index in [1.807, 2.05) is 6.26 Å². The molecular weight excluding hydrogens is 222 g/mol. The molecular formula is C12H17NO2S. The van der Waals surface area contributed by atoms with Gasteiger partial charge in [-0.2, -0.15) is 0 Å². The largest absolute Gasteiger partial charge is 0.468 e. The van der Waals surface area contributed by atoms with E-state index in [1.54, 1.807) is 18.7 Å². The Morgan fingerprint density at radius 1 is 1.44 bits per heavy atom. The molecule has 4 heteroatoms. The van der Waals surface area contributed by atoms with Crippen LogP contribution < -0.4 is 5.32 Å². The molecule has 1 rings (SSSR count). The fourth-order valence-electron chi connectivity index (χ4n) is 1.27. The van der Waals surface area contributed by atoms with Crippen LogP contribution in [0.1, 0.15) is 12.5 Å². The van der Waals surface area contributed by atoms with Crippen LogP contribution in [-0.2, 0) is 16.1 Å². The monoisotopic (exact) mass is 239 g/mol. The van der Waals surface area contributed by atoms with Crippen LogP contribution in [0.3, 0.4) is 0 Å². The lowest BCUT2D eigenvalue weighted by molar-refractivity contribution is -0.142. The molecule has 0 aliphatic carbocycles. The highest BCUT2D eigenvalue weighted by Gasteiger charge is 2.11. The van der Waals surface area contributed by atoms with Crippen LogP contribution >= 0.6 is 11.8 Å². The first-order valence-corrected chi connectivity index (χ1v) is 6.34. The molecule has 0 heterocycles. The fourth-order valence-corrected chi connectivity index (χ4v) is 1.68. The van der Waals surface area contributed by atoms with Gasteiger partial charge in [-0.05, 0) is 30.9 Å². The molecule has 0 saturated carbocycles. The molecule has 0 bridgehead atoms. The van der Waals surface area contributed by atoms with E-state index in [0.717, 1.165) is 5.56 Å². The first-order chi connectivity index (χ1) is 7.67. The van der Waals surface area contributed by atoms with Gasteiger partial charge in [0.05, 0.1) is 7.11 Å². The quantitative estimate of drug-likeness (QED) is 0.630. The van der Waals surface area contributed by atoms with Gasteiger partial charge in [-0.1, -0.05) is 12.1 Å². The van der Waals surface area contributed by atoms with Gasteiger partial charge in [-0.25, -0.2) is 0 Å². The second-order valence-electron chi connectivity index (χ2n) is 3.47. The predicted octanol–water partition coefficient (Wildman–Crippen LogP) is 2.06. The van der Waals surface area contributed by atoms with Gasteiger partial charge in [0.1, 0.15) is 6.04 Å². The van der Waals surface area contributed by atoms with Crippen LogP contribution in [0.25, 0.3) is 0 Å². The third kappa shape index (κ3) is 3.87. The third-order valence-corrected chi connectivity index (χ3v) is 3.07. The Bertz CT molecular complexity index is 337. The van der Waals surface area contributed by atoms with Crippen LogP contribution in [0, 0.1) is 0 Å². The lowest BCUT2D eigenvalue weighted by Gasteiger charge is -2.11. The molecule has 16 heavy (non-hydrogen) atoms. The summed E-state index contributed by atoms with van der Waals surface area (Å²) in [6, 6.07) is 7.99. The summed E-state index contributed by atoms with van der Waals surface area (Å²) < 4.78 is 4.63. The smallest absolute Gasteiger partial charge is 0.322 e. The van der Waals surface area contributed by atoms with E-state index in [9.17, 15) is 4.79 Å². The van der Waals surface area contributed by atoms with Crippen LogP contribution in [0.5, 0.6) is 0 Å². The fraction of sp³-hybridized carbons (Fsp3) is 0.417. The molecule has 0 unspecified atom stereocenters. The van der Waals surface area contributed by atoms with Crippen molar-refractivity contribution < 1.29 is 9.53 Å². The molecule has 0 aliphatic rings. The number of hydrogen-bond donors (Lipinski definition) is 1. The average molecular weight is 239 g/mol. The molecule has 1 aromatic carbocycles. The molecule has 1 N–H and O–H groups in total. The van der Waals surface area contributed by atoms with E-state index >= 15 is 0 Å². The van der Waals surface area contributed by atoms with Crippen molar-refractivity contribution in [2.45, 2.75) is 24.4 Å². The van der Waals surface area contributed by atoms with Gasteiger partial charge in [0.15, 0.2) is 0 Å². The predicted molar refractivity (Wildman–Crippen MR) is 66.5 cm³/mol. The standard InChI is InChI=1S/C12H17NO2S/c1-9(12(14)15-2)13-8-10-4-6-11(16-3)7-5-10/h4-7,9,13H,8H2,1-3H3/t9-/m0/s1. The number of rotatable bonds is 5. The molecule has 1 aromatic rings. The second kappa shape index (κ2) is 6.55. The summed E-state index contributed by atoms with van der Waals surface area (Å²) >= 11 is 1.72. The topological polar surface area (TPSA) is 38.3 Å². The lowest BCUT2D eigenvalue weighted by atomic mass is 10.2. The minimum Gasteiger partial charge on any atom is -0.468 e. The SMILES string of the molecule is COC(=O)[C@H](C)NCc1ccc(SC)cc1. The molecule has 1 atom stereocenters. The molecule has 0 fully saturated rings. The van der Waals surface area contributed by atoms with E-state index in [-0.39, 0.29) is 12.0 Å². The summed E-state index contributed by atoms with van der Waals surface area (Å²) in [6.07, 6.45) is 2.05. The van der Waals surface area contributed by atoms with E-state index in [0.29, 0.717) is 6.54 Å². The van der Waals surface area contributed by atoms with Gasteiger partial charge in [0.2, 0.25) is 0 Å². The maximum absolute atomic E-state index is 11.1. The van der Waals surface area contributed by atoms with Crippen molar-refractivity contribution in [3.63, 3.8) is 0 Å². The zero-order valence-corrected chi connectivity index (χ0v) is 10.6. The third-order valence-electron chi connectivity index (χ3n) is 2.33. The second-order valence-corrected chi connectivity index (χ2v) is 4.35. The number of ether oxygens (including phenoxy) is 1. The molecule has 0 spiro atoms. The lowest BCUT2D eigenvalue weighted by Crippen LogP contribution is -2.34. The molecule has 88 valence electrons. The summed E-state index contributed by atoms with van der Waals surface area (Å²) in [5.41, 5.74) is 1.16. The van der Waals surface area contributed by atoms with Crippen LogP contribution in [0.4, 0.5) is 0 Å². The maximum atomic E-state index is 11.1. The molecule has 0 amide bonds. The molecule has 0 radical (unpaired) electrons. The van der Waals surface area contributed by atoms with Gasteiger partial charge in [-0.15, -0.1) is 11.8 Å². The van der Waals surface area contributed by atoms with Gasteiger partial charge in [0.25, 0.3) is 0 Å². The Morgan fingerprint density at radius 3 is 2.56 bits per heavy atom. The number of carbonyl (C=O) groups is 1. The van der Waals surface area contributed by atoms with Gasteiger partial charge in [0, 0.05) is 11.4 Å². The number of hydrogen-bond acceptors (Lipinski definition) is 4. The van der Waals surface area contributed by atoms with Gasteiger partial charge >= 0.3 is 5.97 Å². The first-order valence-electron chi connectivity index (χ1n) is 5.11. The van der Waals surface area contributed by atoms with E-state index in [4.69, 9.17) is 0 Å². The summed E-state index contributed by atoms with van der Waals surface area (Å²) in [5, 5.41) is 3.11. The maximum Gasteiger partial charge on any atom is 0.322 e. The van der Waals surface area contributed by atoms with Crippen molar-refractivity contribution >= 4 is 17.7 Å². The Hall–Kier alpha value is -1.00. The molecule has 0 aliphatic heterocycles. The number of methoxy groups -OCH3 is 1. The zero-order valence-electron chi connectivity index (χ0n) is 9.82. The number of carbonyl (C=O) groups excluding carboxylic acids is 1. The number of esters is 1. The van der Waals surface area contributed by atoms with E-state index in [2.05, 4.69) is 34.3 Å². The zero-order chi connectivity index (χ0) is 12.0. The van der Waals surface area contributed by atoms with Crippen molar-refractivity contribution in [1.29, 1.82) is 0 Å². The number of thioether (sulfide) groups is 1. The van der Waals surface area contributed by atoms with Crippen molar-refractivity contribution in [2.75, 3.05) is 13.4 Å². The highest BCUT2D eigenvalue weighted by atomic mass is 32.2. The summed E-state index contributed by atoms with van der Waals surface area (Å²) in [6.45, 7) is 2.47. The summed E-state index contributed by atoms with van der Waals surface area (Å²) in [4.78, 5) is 12.4. The Balaban J connectivity index is 2.45. The van der Waals surface area contributed by atoms with Crippen LogP contribution in [0.15, 0.2) is 29.2 Å². The normalized spacial score (nSPS) is 12.2. The van der Waals surface area contributed by atoms with Crippen molar-refractivity contribution in [3.8, 4) is 0 Å². The highest BCUT2D eigenvalue weighted by Crippen LogP contribution is 2.14. The van der Waals surface area contributed by atoms with Gasteiger partial charge < -0.3 is 10.1 Å². The Morgan fingerprint density at radius 2 is 2.06 bits per heavy atom. The van der Waals surface area contributed by atoms with Crippen molar-refractivity contribution in [2.24, 2.45) is 0 Å². The summed E-state index contributed by atoms with van der Waals surface area (Å²) in [5.74, 6) is -0.235. The number of nitrogens with one attached hydrogen (secondary N) is 1. The minimum absolute atomic E-state index is 0.235. The number of benzene rings is 1. The minimum atomic E-state index is -0.273. The average Bonchev–Trinajstić information content (AvgIpc) is 2.35. The van der Waals surface area contributed by atoms with E-state index in [1.165, 1.54) is 12.0 Å². The summed E-state index contributed by atoms with van der Waals surface area (Å²) in [7, 11) is 1.40. The van der Waals surface area contributed by atoms with Crippen LogP contribution in [0.2, 0.25) is 0 Å². The first kappa shape index (κ1) is 13.1. The van der Waals surface area contributed by atoms with Crippen molar-refractivity contribution in [3.05, 3.63) is 29.8 Å². The Labute approximate surface area is 101 Å². The molecule has 0 saturated heterocycles. The van der Waals surface area contributed by atoms with E-state index < -0.39 is 0 Å². The van der Waals surface area contributed by atoms with Crippen LogP contribution in [-0.4, -0.2) is 25.4 Å². The van der Waals surface area contributed by atoms with Crippen molar-refractivity contribution in [1.82, 2.24) is 5.32 Å². The Kier molecular flexibility index (Phi) is 5.35. The molecule has 3 nitrogen and oxygen atoms in total. The van der Waals surface area contributed by atoms with Gasteiger partial charge in [-0.3, -0.25) is 4.79 Å².